The summed E-state index contributed by atoms with van der Waals surface area (Å²) in [6, 6.07) is 16.4. The van der Waals surface area contributed by atoms with Crippen LogP contribution < -0.4 is 15.0 Å². The number of aliphatic carboxylic acids is 1. The molecule has 2 aliphatic heterocycles. The van der Waals surface area contributed by atoms with Crippen LogP contribution in [0.25, 0.3) is 0 Å². The van der Waals surface area contributed by atoms with Crippen molar-refractivity contribution in [1.29, 1.82) is 5.26 Å². The average Bonchev–Trinajstić information content (AvgIpc) is 3.19. The molecule has 0 bridgehead atoms. The molecule has 2 heterocycles. The van der Waals surface area contributed by atoms with E-state index in [9.17, 15) is 37.8 Å². The van der Waals surface area contributed by atoms with E-state index in [0.29, 0.717) is 27.9 Å². The van der Waals surface area contributed by atoms with Crippen LogP contribution in [-0.2, 0) is 27.0 Å². The van der Waals surface area contributed by atoms with Crippen LogP contribution in [0.2, 0.25) is 0 Å². The molecule has 0 unspecified atom stereocenters. The van der Waals surface area contributed by atoms with Gasteiger partial charge in [-0.15, -0.1) is 0 Å². The van der Waals surface area contributed by atoms with Crippen LogP contribution in [0.15, 0.2) is 78.6 Å². The van der Waals surface area contributed by atoms with Crippen LogP contribution in [-0.4, -0.2) is 62.2 Å². The highest BCUT2D eigenvalue weighted by Crippen LogP contribution is 2.39. The van der Waals surface area contributed by atoms with Gasteiger partial charge in [-0.2, -0.15) is 18.4 Å². The Hall–Kier alpha value is -5.59. The Balaban J connectivity index is 1.34. The van der Waals surface area contributed by atoms with Crippen LogP contribution in [0.1, 0.15) is 30.5 Å². The second-order valence-electron chi connectivity index (χ2n) is 11.1. The summed E-state index contributed by atoms with van der Waals surface area (Å²) in [7, 11) is 0. The summed E-state index contributed by atoms with van der Waals surface area (Å²) in [5, 5.41) is 41.5. The number of hydrogen-bond acceptors (Lipinski definition) is 9. The van der Waals surface area contributed by atoms with Gasteiger partial charge in [-0.1, -0.05) is 18.2 Å². The molecule has 5 rings (SSSR count). The van der Waals surface area contributed by atoms with Gasteiger partial charge in [-0.05, 0) is 74.0 Å². The van der Waals surface area contributed by atoms with Crippen LogP contribution in [0, 0.1) is 11.3 Å². The zero-order chi connectivity index (χ0) is 34.3. The van der Waals surface area contributed by atoms with Crippen molar-refractivity contribution in [3.05, 3.63) is 95.3 Å². The van der Waals surface area contributed by atoms with Gasteiger partial charge >= 0.3 is 18.2 Å². The molecular weight excluding hydrogens is 625 g/mol. The van der Waals surface area contributed by atoms with E-state index >= 15 is 0 Å². The Morgan fingerprint density at radius 3 is 2.40 bits per heavy atom. The number of nitriles is 1. The van der Waals surface area contributed by atoms with E-state index < -0.39 is 65.0 Å². The molecule has 3 aromatic rings. The van der Waals surface area contributed by atoms with Crippen molar-refractivity contribution in [1.82, 2.24) is 4.90 Å². The quantitative estimate of drug-likeness (QED) is 0.254. The number of carboxylic acid groups (broad SMARTS) is 1. The second-order valence-corrected chi connectivity index (χ2v) is 11.1. The topological polar surface area (TPSA) is 173 Å². The molecule has 3 atom stereocenters. The number of ether oxygens (including phenoxy) is 2. The third kappa shape index (κ3) is 6.41. The Bertz CT molecular complexity index is 1800. The highest BCUT2D eigenvalue weighted by atomic mass is 19.4. The molecular formula is C32H27F3N4O8. The van der Waals surface area contributed by atoms with Gasteiger partial charge in [0.05, 0.1) is 29.4 Å². The largest absolute Gasteiger partial charge is 0.475 e. The molecule has 0 aliphatic carbocycles. The van der Waals surface area contributed by atoms with Gasteiger partial charge in [0.1, 0.15) is 17.4 Å². The number of halogens is 3. The van der Waals surface area contributed by atoms with Gasteiger partial charge in [-0.25, -0.2) is 14.5 Å². The number of carbonyl (C=O) groups excluding carboxylic acids is 2. The minimum Gasteiger partial charge on any atom is -0.475 e. The first kappa shape index (κ1) is 32.8. The number of para-hydroxylation sites is 1. The molecule has 0 radical (unpaired) electrons. The van der Waals surface area contributed by atoms with E-state index in [4.69, 9.17) is 19.8 Å². The number of aliphatic hydroxyl groups excluding tert-OH is 2. The third-order valence-corrected chi connectivity index (χ3v) is 7.65. The molecule has 15 heteroatoms. The smallest absolute Gasteiger partial charge is 0.417 e. The molecule has 3 amide bonds. The lowest BCUT2D eigenvalue weighted by atomic mass is 10.0. The molecule has 2 aliphatic rings. The lowest BCUT2D eigenvalue weighted by Crippen LogP contribution is -2.45. The van der Waals surface area contributed by atoms with Crippen molar-refractivity contribution in [2.75, 3.05) is 10.2 Å². The lowest BCUT2D eigenvalue weighted by Gasteiger charge is -2.30. The number of benzene rings is 3. The first-order chi connectivity index (χ1) is 22.1. The normalized spacial score (nSPS) is 20.7. The Kier molecular flexibility index (Phi) is 8.59. The molecule has 244 valence electrons. The first-order valence-electron chi connectivity index (χ1n) is 14.0. The van der Waals surface area contributed by atoms with Crippen molar-refractivity contribution in [2.24, 2.45) is 0 Å². The highest BCUT2D eigenvalue weighted by molar-refractivity contribution is 6.23. The second kappa shape index (κ2) is 12.3. The fourth-order valence-corrected chi connectivity index (χ4v) is 5.05. The zero-order valence-corrected chi connectivity index (χ0v) is 24.7. The molecule has 0 spiro atoms. The third-order valence-electron chi connectivity index (χ3n) is 7.65. The summed E-state index contributed by atoms with van der Waals surface area (Å²) in [5.74, 6) is -2.57. The van der Waals surface area contributed by atoms with E-state index in [1.165, 1.54) is 36.9 Å². The van der Waals surface area contributed by atoms with Gasteiger partial charge < -0.3 is 35.0 Å². The van der Waals surface area contributed by atoms with Crippen LogP contribution in [0.5, 0.6) is 5.75 Å². The van der Waals surface area contributed by atoms with Crippen molar-refractivity contribution in [3.63, 3.8) is 0 Å². The van der Waals surface area contributed by atoms with E-state index in [1.54, 1.807) is 36.4 Å². The van der Waals surface area contributed by atoms with E-state index in [2.05, 4.69) is 5.32 Å². The minimum atomic E-state index is -4.88. The summed E-state index contributed by atoms with van der Waals surface area (Å²) in [6.07, 6.45) is -8.59. The monoisotopic (exact) mass is 652 g/mol. The van der Waals surface area contributed by atoms with E-state index in [0.717, 1.165) is 18.2 Å². The maximum atomic E-state index is 13.6. The van der Waals surface area contributed by atoms with Gasteiger partial charge in [0.2, 0.25) is 5.76 Å². The number of imide groups is 1. The first-order valence-corrected chi connectivity index (χ1v) is 14.0. The molecule has 0 aromatic heterocycles. The summed E-state index contributed by atoms with van der Waals surface area (Å²) in [5.41, 5.74) is -2.00. The van der Waals surface area contributed by atoms with Crippen molar-refractivity contribution < 1.29 is 52.3 Å². The number of alkyl halides is 3. The summed E-state index contributed by atoms with van der Waals surface area (Å²) >= 11 is 0. The van der Waals surface area contributed by atoms with Gasteiger partial charge in [0.25, 0.3) is 12.2 Å². The molecule has 47 heavy (non-hydrogen) atoms. The standard InChI is InChI=1S/C32H27F3N4O8/c1-31(2)29(44)39(20-10-7-17(15-36)22(13-20)32(33,34)35)30(45)38(31)16-18-5-3-4-6-23(18)37-19-8-11-21(12-9-19)46-28-26(41)24(40)14-25(47-28)27(42)43/h3-14,24,26,28,37,40-41H,16H2,1-2H3,(H,42,43)/t24-,26+,28+/m1/s1. The van der Waals surface area contributed by atoms with E-state index in [-0.39, 0.29) is 18.0 Å². The summed E-state index contributed by atoms with van der Waals surface area (Å²) in [4.78, 5) is 40.2. The zero-order valence-electron chi connectivity index (χ0n) is 24.7. The fourth-order valence-electron chi connectivity index (χ4n) is 5.05. The number of hydrogen-bond donors (Lipinski definition) is 4. The van der Waals surface area contributed by atoms with Gasteiger partial charge in [0.15, 0.2) is 6.10 Å². The predicted octanol–water partition coefficient (Wildman–Crippen LogP) is 4.49. The maximum absolute atomic E-state index is 13.6. The molecule has 0 saturated carbocycles. The van der Waals surface area contributed by atoms with Crippen LogP contribution in [0.3, 0.4) is 0 Å². The highest BCUT2D eigenvalue weighted by Gasteiger charge is 2.52. The molecule has 1 saturated heterocycles. The molecule has 12 nitrogen and oxygen atoms in total. The molecule has 1 fully saturated rings. The van der Waals surface area contributed by atoms with Gasteiger partial charge in [0, 0.05) is 11.4 Å². The molecule has 4 N–H and O–H groups in total. The number of rotatable bonds is 8. The van der Waals surface area contributed by atoms with Crippen LogP contribution >= 0.6 is 0 Å². The van der Waals surface area contributed by atoms with Crippen molar-refractivity contribution in [3.8, 4) is 11.8 Å². The van der Waals surface area contributed by atoms with Crippen molar-refractivity contribution in [2.45, 2.75) is 50.6 Å². The average molecular weight is 653 g/mol. The van der Waals surface area contributed by atoms with E-state index in [1.807, 2.05) is 0 Å². The Morgan fingerprint density at radius 2 is 1.77 bits per heavy atom. The lowest BCUT2D eigenvalue weighted by molar-refractivity contribution is -0.172. The summed E-state index contributed by atoms with van der Waals surface area (Å²) < 4.78 is 51.5. The summed E-state index contributed by atoms with van der Waals surface area (Å²) in [6.45, 7) is 2.87. The number of aliphatic hydroxyl groups is 2. The maximum Gasteiger partial charge on any atom is 0.417 e. The fraction of sp³-hybridized carbons (Fsp3) is 0.250. The number of amides is 3. The number of carbonyl (C=O) groups is 3. The number of anilines is 3. The SMILES string of the molecule is CC1(C)C(=O)N(c2ccc(C#N)c(C(F)(F)F)c2)C(=O)N1Cc1ccccc1Nc1ccc(O[C@H]2OC(C(=O)O)=C[C@@H](O)[C@@H]2O)cc1. The predicted molar refractivity (Wildman–Crippen MR) is 158 cm³/mol. The number of urea groups is 1. The van der Waals surface area contributed by atoms with Gasteiger partial charge in [-0.3, -0.25) is 4.79 Å². The van der Waals surface area contributed by atoms with Crippen molar-refractivity contribution >= 4 is 35.0 Å². The Labute approximate surface area is 265 Å². The molecule has 3 aromatic carbocycles. The Morgan fingerprint density at radius 1 is 1.09 bits per heavy atom. The minimum absolute atomic E-state index is 0.0977. The van der Waals surface area contributed by atoms with Crippen LogP contribution in [0.4, 0.5) is 35.0 Å². The number of carboxylic acids is 1. The number of nitrogens with zero attached hydrogens (tertiary/aromatic N) is 3. The number of nitrogens with one attached hydrogen (secondary N) is 1.